The fourth-order valence-electron chi connectivity index (χ4n) is 5.14. The minimum absolute atomic E-state index is 0.0320. The van der Waals surface area contributed by atoms with Gasteiger partial charge in [0.1, 0.15) is 5.84 Å². The smallest absolute Gasteiger partial charge is 0.307 e. The number of carbonyl (C=O) groups excluding carboxylic acids is 2. The number of aromatic nitrogens is 1. The highest BCUT2D eigenvalue weighted by molar-refractivity contribution is 5.98. The lowest BCUT2D eigenvalue weighted by Crippen LogP contribution is -2.50. The molecule has 1 saturated heterocycles. The Labute approximate surface area is 201 Å². The van der Waals surface area contributed by atoms with E-state index in [4.69, 9.17) is 15.9 Å². The standard InChI is InChI=1S/C26H37N5O3/c1-3-30-21(14-17-7-8-18(25(27)28)15-23(17)30)12-11-20-6-5-13-31(20)26(33)22(29-19-9-10-19)16-24(32)34-4-2/h7-8,14-15,19-20,22,29H,3-6,9-13,16H2,1-2H3,(H3,27,28)/t20-,22?/m0/s1. The topological polar surface area (TPSA) is 113 Å². The van der Waals surface area contributed by atoms with E-state index in [1.165, 1.54) is 5.69 Å². The molecule has 1 amide bonds. The molecule has 1 aliphatic carbocycles. The van der Waals surface area contributed by atoms with Crippen LogP contribution in [0.3, 0.4) is 0 Å². The van der Waals surface area contributed by atoms with Gasteiger partial charge in [0, 0.05) is 41.9 Å². The van der Waals surface area contributed by atoms with E-state index < -0.39 is 6.04 Å². The van der Waals surface area contributed by atoms with Crippen molar-refractivity contribution in [1.82, 2.24) is 14.8 Å². The van der Waals surface area contributed by atoms with Gasteiger partial charge >= 0.3 is 5.97 Å². The van der Waals surface area contributed by atoms with E-state index in [-0.39, 0.29) is 30.2 Å². The van der Waals surface area contributed by atoms with E-state index >= 15 is 0 Å². The molecule has 1 aromatic carbocycles. The average molecular weight is 468 g/mol. The molecule has 0 radical (unpaired) electrons. The Kier molecular flexibility index (Phi) is 7.56. The molecule has 1 saturated carbocycles. The maximum Gasteiger partial charge on any atom is 0.307 e. The number of benzene rings is 1. The number of nitrogens with two attached hydrogens (primary N) is 1. The van der Waals surface area contributed by atoms with Gasteiger partial charge in [0.25, 0.3) is 0 Å². The van der Waals surface area contributed by atoms with Gasteiger partial charge in [-0.25, -0.2) is 0 Å². The first-order chi connectivity index (χ1) is 16.4. The number of carbonyl (C=O) groups is 2. The van der Waals surface area contributed by atoms with E-state index in [9.17, 15) is 9.59 Å². The van der Waals surface area contributed by atoms with Gasteiger partial charge in [-0.2, -0.15) is 0 Å². The van der Waals surface area contributed by atoms with Gasteiger partial charge in [0.05, 0.1) is 19.1 Å². The highest BCUT2D eigenvalue weighted by atomic mass is 16.5. The summed E-state index contributed by atoms with van der Waals surface area (Å²) in [5, 5.41) is 12.3. The minimum atomic E-state index is -0.501. The molecule has 2 atom stereocenters. The van der Waals surface area contributed by atoms with Gasteiger partial charge in [-0.05, 0) is 69.9 Å². The van der Waals surface area contributed by atoms with Crippen molar-refractivity contribution in [1.29, 1.82) is 5.41 Å². The molecule has 8 nitrogen and oxygen atoms in total. The van der Waals surface area contributed by atoms with Gasteiger partial charge in [0.15, 0.2) is 0 Å². The Hall–Kier alpha value is -2.87. The van der Waals surface area contributed by atoms with Crippen LogP contribution in [0.4, 0.5) is 0 Å². The van der Waals surface area contributed by atoms with E-state index in [1.807, 2.05) is 23.1 Å². The maximum absolute atomic E-state index is 13.5. The summed E-state index contributed by atoms with van der Waals surface area (Å²) in [4.78, 5) is 27.6. The SMILES string of the molecule is CCOC(=O)CC(NC1CC1)C(=O)N1CCC[C@H]1CCc1cc2ccc(C(=N)N)cc2n1CC. The Balaban J connectivity index is 1.46. The summed E-state index contributed by atoms with van der Waals surface area (Å²) < 4.78 is 7.40. The zero-order chi connectivity index (χ0) is 24.2. The Morgan fingerprint density at radius 3 is 2.71 bits per heavy atom. The normalized spacial score (nSPS) is 18.9. The lowest BCUT2D eigenvalue weighted by atomic mass is 10.1. The number of nitrogens with zero attached hydrogens (tertiary/aromatic N) is 2. The first kappa shape index (κ1) is 24.3. The van der Waals surface area contributed by atoms with Crippen LogP contribution >= 0.6 is 0 Å². The van der Waals surface area contributed by atoms with Crippen molar-refractivity contribution >= 4 is 28.6 Å². The number of nitrogen functional groups attached to an aromatic ring is 1. The third kappa shape index (κ3) is 5.43. The maximum atomic E-state index is 13.5. The van der Waals surface area contributed by atoms with E-state index in [2.05, 4.69) is 22.9 Å². The molecular weight excluding hydrogens is 430 g/mol. The molecule has 8 heteroatoms. The van der Waals surface area contributed by atoms with Crippen molar-refractivity contribution in [2.45, 2.75) is 83.5 Å². The predicted octanol–water partition coefficient (Wildman–Crippen LogP) is 2.94. The van der Waals surface area contributed by atoms with Gasteiger partial charge < -0.3 is 25.3 Å². The fraction of sp³-hybridized carbons (Fsp3) is 0.577. The molecule has 34 heavy (non-hydrogen) atoms. The summed E-state index contributed by atoms with van der Waals surface area (Å²) in [6, 6.07) is 8.12. The third-order valence-electron chi connectivity index (χ3n) is 7.00. The van der Waals surface area contributed by atoms with E-state index in [1.54, 1.807) is 6.92 Å². The molecule has 4 N–H and O–H groups in total. The number of aryl methyl sites for hydroxylation is 2. The third-order valence-corrected chi connectivity index (χ3v) is 7.00. The molecule has 2 aliphatic rings. The summed E-state index contributed by atoms with van der Waals surface area (Å²) in [7, 11) is 0. The zero-order valence-electron chi connectivity index (χ0n) is 20.3. The Bertz CT molecular complexity index is 1060. The van der Waals surface area contributed by atoms with Crippen molar-refractivity contribution in [2.24, 2.45) is 5.73 Å². The van der Waals surface area contributed by atoms with E-state index in [0.29, 0.717) is 12.6 Å². The number of amidine groups is 1. The number of nitrogens with one attached hydrogen (secondary N) is 2. The molecule has 2 fully saturated rings. The molecule has 2 aromatic rings. The van der Waals surface area contributed by atoms with Crippen molar-refractivity contribution in [3.63, 3.8) is 0 Å². The second-order valence-electron chi connectivity index (χ2n) is 9.44. The zero-order valence-corrected chi connectivity index (χ0v) is 20.3. The second kappa shape index (κ2) is 10.6. The fourth-order valence-corrected chi connectivity index (χ4v) is 5.14. The lowest BCUT2D eigenvalue weighted by molar-refractivity contribution is -0.147. The van der Waals surface area contributed by atoms with Crippen molar-refractivity contribution in [3.05, 3.63) is 35.5 Å². The summed E-state index contributed by atoms with van der Waals surface area (Å²) >= 11 is 0. The molecule has 4 rings (SSSR count). The average Bonchev–Trinajstić information content (AvgIpc) is 3.38. The number of esters is 1. The van der Waals surface area contributed by atoms with Gasteiger partial charge in [-0.1, -0.05) is 12.1 Å². The van der Waals surface area contributed by atoms with E-state index in [0.717, 1.165) is 68.1 Å². The number of ether oxygens (including phenoxy) is 1. The number of fused-ring (bicyclic) bond motifs is 1. The van der Waals surface area contributed by atoms with Crippen LogP contribution < -0.4 is 11.1 Å². The largest absolute Gasteiger partial charge is 0.466 e. The van der Waals surface area contributed by atoms with Crippen LogP contribution in [0.5, 0.6) is 0 Å². The quantitative estimate of drug-likeness (QED) is 0.267. The monoisotopic (exact) mass is 467 g/mol. The summed E-state index contributed by atoms with van der Waals surface area (Å²) in [5.41, 5.74) is 8.75. The Morgan fingerprint density at radius 1 is 1.24 bits per heavy atom. The van der Waals surface area contributed by atoms with Crippen LogP contribution in [-0.4, -0.2) is 58.5 Å². The van der Waals surface area contributed by atoms with Crippen LogP contribution in [-0.2, 0) is 27.3 Å². The molecule has 2 heterocycles. The van der Waals surface area contributed by atoms with Gasteiger partial charge in [-0.15, -0.1) is 0 Å². The van der Waals surface area contributed by atoms with Crippen LogP contribution in [0.15, 0.2) is 24.3 Å². The summed E-state index contributed by atoms with van der Waals surface area (Å²) in [5.74, 6) is -0.212. The Morgan fingerprint density at radius 2 is 2.03 bits per heavy atom. The van der Waals surface area contributed by atoms with Crippen molar-refractivity contribution < 1.29 is 14.3 Å². The molecule has 1 aliphatic heterocycles. The van der Waals surface area contributed by atoms with Crippen LogP contribution in [0.25, 0.3) is 10.9 Å². The first-order valence-electron chi connectivity index (χ1n) is 12.6. The number of hydrogen-bond acceptors (Lipinski definition) is 5. The summed E-state index contributed by atoms with van der Waals surface area (Å²) in [6.45, 7) is 5.82. The van der Waals surface area contributed by atoms with Gasteiger partial charge in [0.2, 0.25) is 5.91 Å². The first-order valence-corrected chi connectivity index (χ1v) is 12.6. The minimum Gasteiger partial charge on any atom is -0.466 e. The number of hydrogen-bond donors (Lipinski definition) is 3. The number of likely N-dealkylation sites (tertiary alicyclic amines) is 1. The van der Waals surface area contributed by atoms with Crippen LogP contribution in [0, 0.1) is 5.41 Å². The number of amides is 1. The van der Waals surface area contributed by atoms with Crippen LogP contribution in [0.2, 0.25) is 0 Å². The molecule has 0 spiro atoms. The molecule has 1 aromatic heterocycles. The highest BCUT2D eigenvalue weighted by Gasteiger charge is 2.37. The van der Waals surface area contributed by atoms with Crippen molar-refractivity contribution in [3.8, 4) is 0 Å². The van der Waals surface area contributed by atoms with Crippen molar-refractivity contribution in [2.75, 3.05) is 13.2 Å². The molecular formula is C26H37N5O3. The van der Waals surface area contributed by atoms with Crippen LogP contribution in [0.1, 0.15) is 63.6 Å². The molecule has 1 unspecified atom stereocenters. The lowest BCUT2D eigenvalue weighted by Gasteiger charge is -2.29. The molecule has 184 valence electrons. The van der Waals surface area contributed by atoms with Gasteiger partial charge in [-0.3, -0.25) is 15.0 Å². The molecule has 0 bridgehead atoms. The predicted molar refractivity (Wildman–Crippen MR) is 133 cm³/mol. The highest BCUT2D eigenvalue weighted by Crippen LogP contribution is 2.28. The second-order valence-corrected chi connectivity index (χ2v) is 9.44. The summed E-state index contributed by atoms with van der Waals surface area (Å²) in [6.07, 6.45) is 5.94. The number of rotatable bonds is 11.